The predicted octanol–water partition coefficient (Wildman–Crippen LogP) is 3.00. The Kier molecular flexibility index (Phi) is 5.80. The molecule has 1 amide bonds. The third-order valence-electron chi connectivity index (χ3n) is 4.09. The lowest BCUT2D eigenvalue weighted by atomic mass is 10.2. The van der Waals surface area contributed by atoms with Gasteiger partial charge in [-0.15, -0.1) is 5.10 Å². The molecule has 7 heteroatoms. The van der Waals surface area contributed by atoms with Crippen LogP contribution in [0.3, 0.4) is 0 Å². The van der Waals surface area contributed by atoms with E-state index in [9.17, 15) is 4.79 Å². The van der Waals surface area contributed by atoms with Gasteiger partial charge in [-0.3, -0.25) is 4.79 Å². The molecule has 7 nitrogen and oxygen atoms in total. The second-order valence-corrected chi connectivity index (χ2v) is 6.27. The number of benzene rings is 1. The molecule has 0 aliphatic carbocycles. The summed E-state index contributed by atoms with van der Waals surface area (Å²) in [5.74, 6) is 0.261. The maximum absolute atomic E-state index is 12.6. The van der Waals surface area contributed by atoms with Crippen LogP contribution in [0, 0.1) is 13.8 Å². The third-order valence-corrected chi connectivity index (χ3v) is 4.09. The van der Waals surface area contributed by atoms with Crippen molar-refractivity contribution < 1.29 is 9.53 Å². The van der Waals surface area contributed by atoms with E-state index in [1.54, 1.807) is 10.9 Å². The zero-order valence-electron chi connectivity index (χ0n) is 15.8. The number of nitrogens with one attached hydrogen (secondary N) is 1. The molecule has 140 valence electrons. The molecule has 2 heterocycles. The standard InChI is InChI=1S/C20H23N5O2/c1-4-11-27-20-16(8-6-10-21-20)13-22-19(26)18-15(3)25(24-23-18)17-9-5-7-14(2)12-17/h5-10,12H,4,11,13H2,1-3H3,(H,22,26). The Morgan fingerprint density at radius 1 is 1.22 bits per heavy atom. The lowest BCUT2D eigenvalue weighted by molar-refractivity contribution is 0.0945. The first-order valence-electron chi connectivity index (χ1n) is 8.94. The van der Waals surface area contributed by atoms with Gasteiger partial charge in [-0.25, -0.2) is 9.67 Å². The summed E-state index contributed by atoms with van der Waals surface area (Å²) in [6.45, 7) is 6.77. The maximum Gasteiger partial charge on any atom is 0.274 e. The average molecular weight is 365 g/mol. The summed E-state index contributed by atoms with van der Waals surface area (Å²) in [4.78, 5) is 16.8. The van der Waals surface area contributed by atoms with E-state index < -0.39 is 0 Å². The zero-order valence-corrected chi connectivity index (χ0v) is 15.8. The predicted molar refractivity (Wildman–Crippen MR) is 102 cm³/mol. The highest BCUT2D eigenvalue weighted by Crippen LogP contribution is 2.16. The van der Waals surface area contributed by atoms with Crippen LogP contribution < -0.4 is 10.1 Å². The Bertz CT molecular complexity index is 936. The fraction of sp³-hybridized carbons (Fsp3) is 0.300. The molecule has 2 aromatic heterocycles. The van der Waals surface area contributed by atoms with Crippen molar-refractivity contribution in [2.75, 3.05) is 6.61 Å². The summed E-state index contributed by atoms with van der Waals surface area (Å²) in [5.41, 5.74) is 3.80. The van der Waals surface area contributed by atoms with E-state index in [0.717, 1.165) is 23.2 Å². The van der Waals surface area contributed by atoms with Crippen LogP contribution in [0.5, 0.6) is 5.88 Å². The first-order valence-corrected chi connectivity index (χ1v) is 8.94. The molecular formula is C20H23N5O2. The number of rotatable bonds is 7. The molecule has 1 aromatic carbocycles. The highest BCUT2D eigenvalue weighted by Gasteiger charge is 2.18. The molecule has 1 N–H and O–H groups in total. The van der Waals surface area contributed by atoms with E-state index in [4.69, 9.17) is 4.74 Å². The molecule has 0 bridgehead atoms. The van der Waals surface area contributed by atoms with Crippen LogP contribution in [-0.4, -0.2) is 32.5 Å². The molecule has 0 spiro atoms. The zero-order chi connectivity index (χ0) is 19.2. The minimum absolute atomic E-state index is 0.281. The van der Waals surface area contributed by atoms with Crippen LogP contribution in [0.4, 0.5) is 0 Å². The third kappa shape index (κ3) is 4.31. The Hall–Kier alpha value is -3.22. The van der Waals surface area contributed by atoms with Gasteiger partial charge in [0, 0.05) is 18.3 Å². The van der Waals surface area contributed by atoms with E-state index in [1.807, 2.05) is 57.2 Å². The van der Waals surface area contributed by atoms with E-state index in [2.05, 4.69) is 20.6 Å². The highest BCUT2D eigenvalue weighted by molar-refractivity contribution is 5.93. The van der Waals surface area contributed by atoms with E-state index in [1.165, 1.54) is 0 Å². The molecule has 0 unspecified atom stereocenters. The maximum atomic E-state index is 12.6. The summed E-state index contributed by atoms with van der Waals surface area (Å²) < 4.78 is 7.30. The fourth-order valence-corrected chi connectivity index (χ4v) is 2.69. The van der Waals surface area contributed by atoms with Gasteiger partial charge in [0.15, 0.2) is 5.69 Å². The van der Waals surface area contributed by atoms with Crippen molar-refractivity contribution in [1.82, 2.24) is 25.3 Å². The fourth-order valence-electron chi connectivity index (χ4n) is 2.69. The quantitative estimate of drug-likeness (QED) is 0.696. The number of ether oxygens (including phenoxy) is 1. The molecule has 27 heavy (non-hydrogen) atoms. The highest BCUT2D eigenvalue weighted by atomic mass is 16.5. The minimum Gasteiger partial charge on any atom is -0.477 e. The number of nitrogens with zero attached hydrogens (tertiary/aromatic N) is 4. The van der Waals surface area contributed by atoms with E-state index in [-0.39, 0.29) is 5.91 Å². The molecule has 3 aromatic rings. The van der Waals surface area contributed by atoms with Crippen LogP contribution in [0.25, 0.3) is 5.69 Å². The first-order chi connectivity index (χ1) is 13.1. The van der Waals surface area contributed by atoms with Crippen molar-refractivity contribution in [3.05, 3.63) is 65.1 Å². The normalized spacial score (nSPS) is 10.6. The molecule has 0 fully saturated rings. The van der Waals surface area contributed by atoms with Crippen molar-refractivity contribution in [3.8, 4) is 11.6 Å². The summed E-state index contributed by atoms with van der Waals surface area (Å²) >= 11 is 0. The molecule has 0 aliphatic rings. The molecule has 0 saturated heterocycles. The summed E-state index contributed by atoms with van der Waals surface area (Å²) in [5, 5.41) is 11.1. The van der Waals surface area contributed by atoms with Gasteiger partial charge in [-0.2, -0.15) is 0 Å². The lowest BCUT2D eigenvalue weighted by Crippen LogP contribution is -2.24. The van der Waals surface area contributed by atoms with Gasteiger partial charge in [-0.05, 0) is 44.0 Å². The molecule has 3 rings (SSSR count). The molecule has 0 radical (unpaired) electrons. The van der Waals surface area contributed by atoms with Crippen molar-refractivity contribution in [1.29, 1.82) is 0 Å². The van der Waals surface area contributed by atoms with Gasteiger partial charge in [0.05, 0.1) is 18.0 Å². The van der Waals surface area contributed by atoms with Gasteiger partial charge in [0.2, 0.25) is 5.88 Å². The van der Waals surface area contributed by atoms with Gasteiger partial charge >= 0.3 is 0 Å². The van der Waals surface area contributed by atoms with Crippen LogP contribution >= 0.6 is 0 Å². The summed E-state index contributed by atoms with van der Waals surface area (Å²) in [6, 6.07) is 11.6. The van der Waals surface area contributed by atoms with Gasteiger partial charge in [0.25, 0.3) is 5.91 Å². The van der Waals surface area contributed by atoms with Gasteiger partial charge in [-0.1, -0.05) is 30.3 Å². The average Bonchev–Trinajstić information content (AvgIpc) is 3.06. The Balaban J connectivity index is 1.73. The number of amides is 1. The molecular weight excluding hydrogens is 342 g/mol. The topological polar surface area (TPSA) is 81.9 Å². The molecule has 0 atom stereocenters. The molecule has 0 aliphatic heterocycles. The number of aromatic nitrogens is 4. The number of hydrogen-bond acceptors (Lipinski definition) is 5. The van der Waals surface area contributed by atoms with Crippen molar-refractivity contribution >= 4 is 5.91 Å². The van der Waals surface area contributed by atoms with E-state index >= 15 is 0 Å². The Morgan fingerprint density at radius 2 is 2.07 bits per heavy atom. The van der Waals surface area contributed by atoms with Gasteiger partial charge in [0.1, 0.15) is 0 Å². The Morgan fingerprint density at radius 3 is 2.85 bits per heavy atom. The van der Waals surface area contributed by atoms with Crippen molar-refractivity contribution in [2.24, 2.45) is 0 Å². The second kappa shape index (κ2) is 8.44. The number of carbonyl (C=O) groups excluding carboxylic acids is 1. The van der Waals surface area contributed by atoms with Crippen molar-refractivity contribution in [3.63, 3.8) is 0 Å². The van der Waals surface area contributed by atoms with Crippen molar-refractivity contribution in [2.45, 2.75) is 33.7 Å². The van der Waals surface area contributed by atoms with Crippen LogP contribution in [-0.2, 0) is 6.54 Å². The lowest BCUT2D eigenvalue weighted by Gasteiger charge is -2.10. The minimum atomic E-state index is -0.281. The summed E-state index contributed by atoms with van der Waals surface area (Å²) in [6.07, 6.45) is 2.57. The van der Waals surface area contributed by atoms with Crippen LogP contribution in [0.1, 0.15) is 40.7 Å². The first kappa shape index (κ1) is 18.6. The number of aryl methyl sites for hydroxylation is 1. The number of carbonyl (C=O) groups is 1. The van der Waals surface area contributed by atoms with E-state index in [0.29, 0.717) is 30.4 Å². The van der Waals surface area contributed by atoms with Crippen LogP contribution in [0.15, 0.2) is 42.6 Å². The summed E-state index contributed by atoms with van der Waals surface area (Å²) in [7, 11) is 0. The monoisotopic (exact) mass is 365 g/mol. The Labute approximate surface area is 158 Å². The SMILES string of the molecule is CCCOc1ncccc1CNC(=O)c1nnn(-c2cccc(C)c2)c1C. The number of hydrogen-bond donors (Lipinski definition) is 1. The largest absolute Gasteiger partial charge is 0.477 e. The molecule has 0 saturated carbocycles. The number of pyridine rings is 1. The van der Waals surface area contributed by atoms with Crippen LogP contribution in [0.2, 0.25) is 0 Å². The van der Waals surface area contributed by atoms with Gasteiger partial charge < -0.3 is 10.1 Å². The second-order valence-electron chi connectivity index (χ2n) is 6.27. The smallest absolute Gasteiger partial charge is 0.274 e.